The van der Waals surface area contributed by atoms with Gasteiger partial charge in [-0.2, -0.15) is 5.10 Å². The van der Waals surface area contributed by atoms with E-state index in [1.807, 2.05) is 0 Å². The number of para-hydroxylation sites is 1. The predicted octanol–water partition coefficient (Wildman–Crippen LogP) is 1.99. The van der Waals surface area contributed by atoms with Crippen LogP contribution in [0.1, 0.15) is 0 Å². The summed E-state index contributed by atoms with van der Waals surface area (Å²) in [6.45, 7) is 0. The first-order valence-electron chi connectivity index (χ1n) is 4.55. The fraction of sp³-hybridized carbons (Fsp3) is 0.100. The van der Waals surface area contributed by atoms with Crippen molar-refractivity contribution < 1.29 is 9.66 Å². The summed E-state index contributed by atoms with van der Waals surface area (Å²) in [5, 5.41) is 17.0. The Balaban J connectivity index is 2.58. The third-order valence-corrected chi connectivity index (χ3v) is 2.19. The molecule has 82 valence electrons. The molecule has 0 amide bonds. The van der Waals surface area contributed by atoms with E-state index in [1.54, 1.807) is 24.3 Å². The number of nitrogens with one attached hydrogen (secondary N) is 1. The number of H-pyrrole nitrogens is 1. The molecule has 1 aromatic carbocycles. The van der Waals surface area contributed by atoms with Gasteiger partial charge in [0.05, 0.1) is 12.0 Å². The maximum atomic E-state index is 10.8. The van der Waals surface area contributed by atoms with E-state index < -0.39 is 4.92 Å². The number of rotatable bonds is 3. The van der Waals surface area contributed by atoms with Crippen LogP contribution in [-0.4, -0.2) is 22.2 Å². The minimum atomic E-state index is -0.481. The van der Waals surface area contributed by atoms with Gasteiger partial charge in [0.1, 0.15) is 17.6 Å². The quantitative estimate of drug-likeness (QED) is 0.632. The number of ether oxygens (including phenoxy) is 1. The number of aromatic nitrogens is 2. The van der Waals surface area contributed by atoms with Crippen LogP contribution in [0.4, 0.5) is 5.69 Å². The smallest absolute Gasteiger partial charge is 0.314 e. The molecule has 0 saturated carbocycles. The van der Waals surface area contributed by atoms with Crippen molar-refractivity contribution in [3.63, 3.8) is 0 Å². The van der Waals surface area contributed by atoms with Crippen molar-refractivity contribution in [3.05, 3.63) is 40.6 Å². The molecule has 0 aliphatic rings. The monoisotopic (exact) mass is 219 g/mol. The number of aromatic amines is 1. The minimum absolute atomic E-state index is 0.0653. The summed E-state index contributed by atoms with van der Waals surface area (Å²) in [4.78, 5) is 10.3. The van der Waals surface area contributed by atoms with Crippen LogP contribution in [0.2, 0.25) is 0 Å². The normalized spacial score (nSPS) is 10.1. The Bertz CT molecular complexity index is 522. The van der Waals surface area contributed by atoms with Gasteiger partial charge >= 0.3 is 5.69 Å². The minimum Gasteiger partial charge on any atom is -0.496 e. The maximum Gasteiger partial charge on any atom is 0.314 e. The molecule has 0 fully saturated rings. The van der Waals surface area contributed by atoms with Crippen molar-refractivity contribution in [3.8, 4) is 17.0 Å². The number of methoxy groups -OCH3 is 1. The molecule has 6 heteroatoms. The highest BCUT2D eigenvalue weighted by Gasteiger charge is 2.20. The van der Waals surface area contributed by atoms with Gasteiger partial charge in [0.15, 0.2) is 0 Å². The molecule has 1 heterocycles. The molecule has 1 aromatic heterocycles. The van der Waals surface area contributed by atoms with Gasteiger partial charge in [-0.3, -0.25) is 15.2 Å². The highest BCUT2D eigenvalue weighted by Crippen LogP contribution is 2.33. The lowest BCUT2D eigenvalue weighted by atomic mass is 10.1. The first-order valence-corrected chi connectivity index (χ1v) is 4.55. The van der Waals surface area contributed by atoms with Gasteiger partial charge in [0.25, 0.3) is 0 Å². The Labute approximate surface area is 91.0 Å². The zero-order valence-corrected chi connectivity index (χ0v) is 8.51. The lowest BCUT2D eigenvalue weighted by molar-refractivity contribution is -0.384. The second-order valence-corrected chi connectivity index (χ2v) is 3.09. The Hall–Kier alpha value is -2.37. The number of hydrogen-bond acceptors (Lipinski definition) is 4. The molecule has 0 bridgehead atoms. The fourth-order valence-corrected chi connectivity index (χ4v) is 1.47. The summed E-state index contributed by atoms with van der Waals surface area (Å²) >= 11 is 0. The van der Waals surface area contributed by atoms with Crippen molar-refractivity contribution in [2.45, 2.75) is 0 Å². The van der Waals surface area contributed by atoms with E-state index in [1.165, 1.54) is 13.3 Å². The topological polar surface area (TPSA) is 81.0 Å². The number of nitro groups is 1. The van der Waals surface area contributed by atoms with E-state index in [9.17, 15) is 10.1 Å². The maximum absolute atomic E-state index is 10.8. The summed E-state index contributed by atoms with van der Waals surface area (Å²) < 4.78 is 5.13. The molecule has 0 radical (unpaired) electrons. The summed E-state index contributed by atoms with van der Waals surface area (Å²) in [6, 6.07) is 7.05. The van der Waals surface area contributed by atoms with E-state index in [-0.39, 0.29) is 5.69 Å². The number of hydrogen-bond donors (Lipinski definition) is 1. The lowest BCUT2D eigenvalue weighted by Crippen LogP contribution is -1.92. The van der Waals surface area contributed by atoms with E-state index in [0.29, 0.717) is 17.0 Å². The van der Waals surface area contributed by atoms with Gasteiger partial charge in [-0.1, -0.05) is 12.1 Å². The molecule has 2 rings (SSSR count). The van der Waals surface area contributed by atoms with Crippen LogP contribution in [-0.2, 0) is 0 Å². The zero-order chi connectivity index (χ0) is 11.5. The third-order valence-electron chi connectivity index (χ3n) is 2.19. The molecule has 6 nitrogen and oxygen atoms in total. The SMILES string of the molecule is COc1ccccc1-c1[nH]ncc1[N+](=O)[O-]. The van der Waals surface area contributed by atoms with Crippen molar-refractivity contribution in [1.29, 1.82) is 0 Å². The van der Waals surface area contributed by atoms with Gasteiger partial charge in [-0.25, -0.2) is 0 Å². The average Bonchev–Trinajstić information content (AvgIpc) is 2.77. The van der Waals surface area contributed by atoms with Gasteiger partial charge in [-0.05, 0) is 12.1 Å². The summed E-state index contributed by atoms with van der Waals surface area (Å²) in [7, 11) is 1.51. The molecule has 2 aromatic rings. The largest absolute Gasteiger partial charge is 0.496 e. The van der Waals surface area contributed by atoms with E-state index in [2.05, 4.69) is 10.2 Å². The second kappa shape index (κ2) is 4.01. The van der Waals surface area contributed by atoms with Gasteiger partial charge < -0.3 is 4.74 Å². The molecule has 16 heavy (non-hydrogen) atoms. The van der Waals surface area contributed by atoms with Gasteiger partial charge in [0.2, 0.25) is 0 Å². The van der Waals surface area contributed by atoms with Crippen molar-refractivity contribution in [1.82, 2.24) is 10.2 Å². The van der Waals surface area contributed by atoms with E-state index in [4.69, 9.17) is 4.74 Å². The van der Waals surface area contributed by atoms with Gasteiger partial charge in [-0.15, -0.1) is 0 Å². The first-order chi connectivity index (χ1) is 7.74. The Morgan fingerprint density at radius 2 is 2.19 bits per heavy atom. The fourth-order valence-electron chi connectivity index (χ4n) is 1.47. The molecule has 0 aliphatic heterocycles. The Kier molecular flexibility index (Phi) is 2.55. The van der Waals surface area contributed by atoms with E-state index >= 15 is 0 Å². The van der Waals surface area contributed by atoms with Crippen LogP contribution < -0.4 is 4.74 Å². The zero-order valence-electron chi connectivity index (χ0n) is 8.51. The molecule has 1 N–H and O–H groups in total. The van der Waals surface area contributed by atoms with Crippen LogP contribution in [0.25, 0.3) is 11.3 Å². The standard InChI is InChI=1S/C10H9N3O3/c1-16-9-5-3-2-4-7(9)10-8(13(14)15)6-11-12-10/h2-6H,1H3,(H,11,12). The number of benzene rings is 1. The lowest BCUT2D eigenvalue weighted by Gasteiger charge is -2.05. The molecular weight excluding hydrogens is 210 g/mol. The summed E-state index contributed by atoms with van der Waals surface area (Å²) in [6.07, 6.45) is 1.18. The Morgan fingerprint density at radius 3 is 2.88 bits per heavy atom. The Morgan fingerprint density at radius 1 is 1.44 bits per heavy atom. The molecule has 0 spiro atoms. The van der Waals surface area contributed by atoms with Crippen LogP contribution in [0.15, 0.2) is 30.5 Å². The van der Waals surface area contributed by atoms with Crippen molar-refractivity contribution >= 4 is 5.69 Å². The average molecular weight is 219 g/mol. The predicted molar refractivity (Wildman–Crippen MR) is 57.2 cm³/mol. The molecule has 0 unspecified atom stereocenters. The molecule has 0 aliphatic carbocycles. The second-order valence-electron chi connectivity index (χ2n) is 3.09. The first kappa shape index (κ1) is 10.2. The van der Waals surface area contributed by atoms with Crippen LogP contribution in [0.3, 0.4) is 0 Å². The van der Waals surface area contributed by atoms with Gasteiger partial charge in [0, 0.05) is 5.56 Å². The molecular formula is C10H9N3O3. The number of nitrogens with zero attached hydrogens (tertiary/aromatic N) is 2. The highest BCUT2D eigenvalue weighted by atomic mass is 16.6. The summed E-state index contributed by atoms with van der Waals surface area (Å²) in [5.41, 5.74) is 0.904. The van der Waals surface area contributed by atoms with Crippen LogP contribution in [0.5, 0.6) is 5.75 Å². The third kappa shape index (κ3) is 1.60. The summed E-state index contributed by atoms with van der Waals surface area (Å²) in [5.74, 6) is 0.565. The van der Waals surface area contributed by atoms with Crippen molar-refractivity contribution in [2.75, 3.05) is 7.11 Å². The van der Waals surface area contributed by atoms with Crippen LogP contribution in [0, 0.1) is 10.1 Å². The molecule has 0 saturated heterocycles. The van der Waals surface area contributed by atoms with Crippen LogP contribution >= 0.6 is 0 Å². The van der Waals surface area contributed by atoms with E-state index in [0.717, 1.165) is 0 Å². The highest BCUT2D eigenvalue weighted by molar-refractivity contribution is 5.74. The van der Waals surface area contributed by atoms with Crippen molar-refractivity contribution in [2.24, 2.45) is 0 Å². The molecule has 0 atom stereocenters.